The summed E-state index contributed by atoms with van der Waals surface area (Å²) >= 11 is 0. The van der Waals surface area contributed by atoms with E-state index in [2.05, 4.69) is 59.9 Å². The van der Waals surface area contributed by atoms with Gasteiger partial charge in [0.2, 0.25) is 33.7 Å². The second-order valence-electron chi connectivity index (χ2n) is 11.9. The third kappa shape index (κ3) is 12.8. The molecule has 2 aromatic heterocycles. The van der Waals surface area contributed by atoms with E-state index < -0.39 is 30.0 Å². The summed E-state index contributed by atoms with van der Waals surface area (Å²) in [5, 5.41) is 18.5. The molecular weight excluding hydrogens is 816 g/mol. The molecule has 10 N–H and O–H groups in total. The third-order valence-electron chi connectivity index (χ3n) is 7.63. The third-order valence-corrected chi connectivity index (χ3v) is 9.45. The Labute approximate surface area is 356 Å². The van der Waals surface area contributed by atoms with Gasteiger partial charge in [-0.15, -0.1) is 0 Å². The molecule has 1 radical (unpaired) electrons. The van der Waals surface area contributed by atoms with Crippen LogP contribution in [0.2, 0.25) is 0 Å². The SMILES string of the molecule is O=S(=O)(O)c1cc(N=c2[nH]c(=NCCO)[nH]c(=Nc3ccccc3)[nH]2)ccc1/C=C/c1ccc(N=c2[nH]c(=NCCO)[nH]c(=Nc3ccccc3)[nH]2)cc1S(=O)(=O)O.[Na]. The maximum atomic E-state index is 12.6. The Hall–Kier alpha value is -5.82. The van der Waals surface area contributed by atoms with E-state index in [-0.39, 0.29) is 112 Å². The van der Waals surface area contributed by atoms with Crippen LogP contribution in [0.4, 0.5) is 22.7 Å². The van der Waals surface area contributed by atoms with Gasteiger partial charge >= 0.3 is 0 Å². The topological polar surface area (TPSA) is 318 Å². The minimum atomic E-state index is -4.86. The predicted molar refractivity (Wildman–Crippen MR) is 215 cm³/mol. The van der Waals surface area contributed by atoms with Gasteiger partial charge in [0.1, 0.15) is 9.79 Å². The van der Waals surface area contributed by atoms with Gasteiger partial charge in [-0.05, 0) is 59.7 Å². The fourth-order valence-electron chi connectivity index (χ4n) is 5.17. The van der Waals surface area contributed by atoms with Gasteiger partial charge < -0.3 is 10.2 Å². The molecule has 23 heteroatoms. The second kappa shape index (κ2) is 20.2. The fourth-order valence-corrected chi connectivity index (χ4v) is 6.58. The molecule has 4 aromatic carbocycles. The van der Waals surface area contributed by atoms with E-state index in [9.17, 15) is 36.2 Å². The predicted octanol–water partition coefficient (Wildman–Crippen LogP) is 0.654. The minimum absolute atomic E-state index is 0. The zero-order valence-electron chi connectivity index (χ0n) is 31.1. The Bertz CT molecular complexity index is 2910. The van der Waals surface area contributed by atoms with Crippen molar-refractivity contribution in [3.63, 3.8) is 0 Å². The first kappa shape index (κ1) is 44.3. The number of hydrogen-bond donors (Lipinski definition) is 10. The monoisotopic (exact) mass is 851 g/mol. The van der Waals surface area contributed by atoms with Crippen molar-refractivity contribution in [1.29, 1.82) is 0 Å². The maximum Gasteiger partial charge on any atom is 0.295 e. The van der Waals surface area contributed by atoms with Crippen LogP contribution in [0.5, 0.6) is 0 Å². The summed E-state index contributed by atoms with van der Waals surface area (Å²) in [6.45, 7) is -0.328. The van der Waals surface area contributed by atoms with Crippen molar-refractivity contribution < 1.29 is 36.2 Å². The van der Waals surface area contributed by atoms with Crippen molar-refractivity contribution in [2.75, 3.05) is 26.3 Å². The fraction of sp³-hybridized carbons (Fsp3) is 0.111. The number of para-hydroxylation sites is 2. The van der Waals surface area contributed by atoms with Crippen LogP contribution in [0.1, 0.15) is 11.1 Å². The molecule has 6 aromatic rings. The Morgan fingerprint density at radius 3 is 1.10 bits per heavy atom. The van der Waals surface area contributed by atoms with Crippen LogP contribution in [0.15, 0.2) is 137 Å². The van der Waals surface area contributed by atoms with E-state index in [0.717, 1.165) is 12.1 Å². The van der Waals surface area contributed by atoms with Crippen LogP contribution in [-0.4, -0.2) is 122 Å². The van der Waals surface area contributed by atoms with Crippen LogP contribution in [0.3, 0.4) is 0 Å². The first-order valence-electron chi connectivity index (χ1n) is 17.1. The van der Waals surface area contributed by atoms with Crippen LogP contribution in [-0.2, 0) is 20.2 Å². The molecule has 2 heterocycles. The van der Waals surface area contributed by atoms with Crippen molar-refractivity contribution in [2.45, 2.75) is 9.79 Å². The molecule has 0 aliphatic heterocycles. The van der Waals surface area contributed by atoms with E-state index in [1.165, 1.54) is 36.4 Å². The summed E-state index contributed by atoms with van der Waals surface area (Å²) in [5.74, 6) is 0. The molecule has 59 heavy (non-hydrogen) atoms. The van der Waals surface area contributed by atoms with E-state index in [1.807, 2.05) is 12.1 Å². The summed E-state index contributed by atoms with van der Waals surface area (Å²) in [7, 11) is -9.72. The maximum absolute atomic E-state index is 12.6. The summed E-state index contributed by atoms with van der Waals surface area (Å²) in [5.41, 5.74) is 2.29. The Morgan fingerprint density at radius 2 is 0.780 bits per heavy atom. The molecule has 0 atom stereocenters. The van der Waals surface area contributed by atoms with Gasteiger partial charge in [0.15, 0.2) is 0 Å². The van der Waals surface area contributed by atoms with Crippen molar-refractivity contribution in [3.05, 3.63) is 142 Å². The summed E-state index contributed by atoms with van der Waals surface area (Å²) in [6, 6.07) is 25.7. The number of aliphatic hydroxyl groups is 2. The van der Waals surface area contributed by atoms with E-state index in [0.29, 0.717) is 11.4 Å². The number of hydrogen-bond acceptors (Lipinski definition) is 12. The molecule has 0 aliphatic carbocycles. The van der Waals surface area contributed by atoms with Crippen molar-refractivity contribution in [1.82, 2.24) is 29.9 Å². The first-order valence-corrected chi connectivity index (χ1v) is 20.0. The van der Waals surface area contributed by atoms with Crippen LogP contribution < -0.4 is 33.7 Å². The molecular formula is C36H36N12NaO8S2. The quantitative estimate of drug-likeness (QED) is 0.0473. The first-order chi connectivity index (χ1) is 27.9. The molecule has 0 fully saturated rings. The molecule has 6 rings (SSSR count). The van der Waals surface area contributed by atoms with Gasteiger partial charge in [-0.25, -0.2) is 20.0 Å². The number of benzene rings is 4. The van der Waals surface area contributed by atoms with Crippen molar-refractivity contribution in [3.8, 4) is 0 Å². The molecule has 0 bridgehead atoms. The standard InChI is InChI=1S/C36H36N12O8S2.Na/c49-19-17-37-31-43-33(39-25-7-3-1-4-8-25)47-35(45-31)41-27-15-13-23(29(21-27)57(51,52)53)11-12-24-14-16-28(22-30(24)58(54,55)56)42-36-46-32(38-18-20-50)44-34(48-36)40-26-9-5-2-6-10-26;/h1-16,21-22,49-50H,17-20H2,(H,51,52,53)(H,54,55,56)(H3,37,39,41,43,45,47)(H3,38,40,42,44,46,48);/b12-11+;. The van der Waals surface area contributed by atoms with E-state index in [4.69, 9.17) is 0 Å². The number of nitrogens with zero attached hydrogens (tertiary/aromatic N) is 6. The number of aliphatic hydroxyl groups excluding tert-OH is 2. The Morgan fingerprint density at radius 1 is 0.458 bits per heavy atom. The van der Waals surface area contributed by atoms with E-state index in [1.54, 1.807) is 48.5 Å². The summed E-state index contributed by atoms with van der Waals surface area (Å²) in [6.07, 6.45) is 2.49. The molecule has 0 spiro atoms. The molecule has 0 unspecified atom stereocenters. The number of aromatic nitrogens is 6. The molecule has 301 valence electrons. The van der Waals surface area contributed by atoms with Gasteiger partial charge in [0, 0.05) is 29.6 Å². The smallest absolute Gasteiger partial charge is 0.295 e. The molecule has 20 nitrogen and oxygen atoms in total. The van der Waals surface area contributed by atoms with Gasteiger partial charge in [-0.1, -0.05) is 60.7 Å². The van der Waals surface area contributed by atoms with Crippen LogP contribution in [0, 0.1) is 0 Å². The molecule has 0 amide bonds. The minimum Gasteiger partial charge on any atom is -0.394 e. The Balaban J connectivity index is 0.00000661. The zero-order chi connectivity index (χ0) is 41.1. The molecule has 0 saturated carbocycles. The summed E-state index contributed by atoms with van der Waals surface area (Å²) < 4.78 is 70.7. The van der Waals surface area contributed by atoms with Crippen molar-refractivity contribution >= 4 is 84.7 Å². The average Bonchev–Trinajstić information content (AvgIpc) is 3.19. The number of nitrogens with one attached hydrogen (secondary N) is 6. The van der Waals surface area contributed by atoms with Gasteiger partial charge in [-0.3, -0.25) is 49.0 Å². The van der Waals surface area contributed by atoms with Gasteiger partial charge in [0.25, 0.3) is 20.2 Å². The number of aromatic amines is 6. The van der Waals surface area contributed by atoms with Crippen molar-refractivity contribution in [2.24, 2.45) is 30.0 Å². The number of rotatable bonds is 12. The molecule has 0 saturated heterocycles. The zero-order valence-corrected chi connectivity index (χ0v) is 34.8. The van der Waals surface area contributed by atoms with Gasteiger partial charge in [-0.2, -0.15) is 16.8 Å². The summed E-state index contributed by atoms with van der Waals surface area (Å²) in [4.78, 5) is 42.6. The van der Waals surface area contributed by atoms with Crippen LogP contribution in [0.25, 0.3) is 12.2 Å². The normalized spacial score (nSPS) is 14.0. The molecule has 0 aliphatic rings. The largest absolute Gasteiger partial charge is 0.394 e. The second-order valence-corrected chi connectivity index (χ2v) is 14.7. The number of H-pyrrole nitrogens is 6. The van der Waals surface area contributed by atoms with Crippen LogP contribution >= 0.6 is 0 Å². The Kier molecular flexibility index (Phi) is 15.2. The van der Waals surface area contributed by atoms with Gasteiger partial charge in [0.05, 0.1) is 49.1 Å². The van der Waals surface area contributed by atoms with E-state index >= 15 is 0 Å². The average molecular weight is 852 g/mol.